The van der Waals surface area contributed by atoms with E-state index in [1.807, 2.05) is 30.0 Å². The summed E-state index contributed by atoms with van der Waals surface area (Å²) in [4.78, 5) is 18.6. The van der Waals surface area contributed by atoms with Crippen LogP contribution < -0.4 is 5.73 Å². The second kappa shape index (κ2) is 6.68. The molecule has 2 heterocycles. The molecule has 1 aliphatic rings. The summed E-state index contributed by atoms with van der Waals surface area (Å²) in [5.74, 6) is 0.0832. The number of rotatable bonds is 3. The average molecular weight is 336 g/mol. The minimum Gasteiger partial charge on any atom is -0.338 e. The highest BCUT2D eigenvalue weighted by molar-refractivity contribution is 5.96. The van der Waals surface area contributed by atoms with Gasteiger partial charge in [0.05, 0.1) is 5.69 Å². The van der Waals surface area contributed by atoms with Crippen molar-refractivity contribution >= 4 is 18.3 Å². The zero-order valence-corrected chi connectivity index (χ0v) is 14.2. The molecule has 1 fully saturated rings. The highest BCUT2D eigenvalue weighted by atomic mass is 35.5. The molecule has 0 radical (unpaired) electrons. The van der Waals surface area contributed by atoms with Crippen LogP contribution in [-0.2, 0) is 0 Å². The van der Waals surface area contributed by atoms with Gasteiger partial charge in [0, 0.05) is 18.7 Å². The molecule has 1 amide bonds. The minimum absolute atomic E-state index is 0. The first-order valence-electron chi connectivity index (χ1n) is 7.47. The largest absolute Gasteiger partial charge is 0.338 e. The van der Waals surface area contributed by atoms with E-state index in [1.54, 1.807) is 11.0 Å². The number of carbonyl (C=O) groups is 1. The number of benzene rings is 1. The van der Waals surface area contributed by atoms with Crippen molar-refractivity contribution in [3.8, 4) is 5.69 Å². The zero-order chi connectivity index (χ0) is 15.7. The van der Waals surface area contributed by atoms with Crippen molar-refractivity contribution in [1.29, 1.82) is 0 Å². The molecule has 0 aliphatic carbocycles. The van der Waals surface area contributed by atoms with Gasteiger partial charge in [0.15, 0.2) is 0 Å². The van der Waals surface area contributed by atoms with Crippen molar-refractivity contribution in [2.75, 3.05) is 19.6 Å². The molecule has 1 aromatic carbocycles. The van der Waals surface area contributed by atoms with Gasteiger partial charge >= 0.3 is 0 Å². The summed E-state index contributed by atoms with van der Waals surface area (Å²) in [6, 6.07) is 5.72. The fourth-order valence-electron chi connectivity index (χ4n) is 2.91. The van der Waals surface area contributed by atoms with Gasteiger partial charge in [0.25, 0.3) is 5.91 Å². The Labute approximate surface area is 142 Å². The Kier molecular flexibility index (Phi) is 5.06. The second-order valence-corrected chi connectivity index (χ2v) is 6.33. The molecule has 2 aromatic rings. The van der Waals surface area contributed by atoms with E-state index in [0.717, 1.165) is 36.3 Å². The summed E-state index contributed by atoms with van der Waals surface area (Å²) in [6.45, 7) is 6.21. The topological polar surface area (TPSA) is 77.0 Å². The predicted molar refractivity (Wildman–Crippen MR) is 91.0 cm³/mol. The number of aryl methyl sites for hydroxylation is 1. The van der Waals surface area contributed by atoms with Crippen molar-refractivity contribution < 1.29 is 4.79 Å². The molecule has 1 aromatic heterocycles. The molecule has 2 N–H and O–H groups in total. The fraction of sp³-hybridized carbons (Fsp3) is 0.438. The van der Waals surface area contributed by atoms with E-state index in [0.29, 0.717) is 6.54 Å². The maximum Gasteiger partial charge on any atom is 0.254 e. The minimum atomic E-state index is 0. The Morgan fingerprint density at radius 3 is 2.78 bits per heavy atom. The van der Waals surface area contributed by atoms with Crippen molar-refractivity contribution in [2.45, 2.75) is 20.3 Å². The lowest BCUT2D eigenvalue weighted by molar-refractivity contribution is 0.0776. The summed E-state index contributed by atoms with van der Waals surface area (Å²) in [7, 11) is 0. The number of nitrogens with two attached hydrogens (primary N) is 1. The highest BCUT2D eigenvalue weighted by Gasteiger charge is 2.35. The van der Waals surface area contributed by atoms with Crippen LogP contribution >= 0.6 is 12.4 Å². The smallest absolute Gasteiger partial charge is 0.254 e. The maximum absolute atomic E-state index is 12.7. The summed E-state index contributed by atoms with van der Waals surface area (Å²) < 4.78 is 1.68. The van der Waals surface area contributed by atoms with Gasteiger partial charge in [-0.05, 0) is 49.1 Å². The van der Waals surface area contributed by atoms with E-state index in [4.69, 9.17) is 5.73 Å². The Hall–Kier alpha value is -1.92. The maximum atomic E-state index is 12.7. The van der Waals surface area contributed by atoms with Crippen molar-refractivity contribution in [1.82, 2.24) is 19.7 Å². The molecule has 1 aliphatic heterocycles. The van der Waals surface area contributed by atoms with Crippen LogP contribution in [0.5, 0.6) is 0 Å². The molecular weight excluding hydrogens is 314 g/mol. The SMILES string of the molecule is Cc1cc(-n2cncn2)ccc1C(=O)N1CCC(C)(CN)C1.Cl. The van der Waals surface area contributed by atoms with Crippen molar-refractivity contribution in [3.63, 3.8) is 0 Å². The van der Waals surface area contributed by atoms with Gasteiger partial charge in [-0.1, -0.05) is 6.92 Å². The summed E-state index contributed by atoms with van der Waals surface area (Å²) in [6.07, 6.45) is 4.10. The van der Waals surface area contributed by atoms with Crippen molar-refractivity contribution in [3.05, 3.63) is 42.0 Å². The lowest BCUT2D eigenvalue weighted by Gasteiger charge is -2.23. The molecule has 7 heteroatoms. The van der Waals surface area contributed by atoms with Crippen molar-refractivity contribution in [2.24, 2.45) is 11.1 Å². The lowest BCUT2D eigenvalue weighted by atomic mass is 9.90. The third-order valence-corrected chi connectivity index (χ3v) is 4.46. The molecule has 1 unspecified atom stereocenters. The quantitative estimate of drug-likeness (QED) is 0.928. The zero-order valence-electron chi connectivity index (χ0n) is 13.4. The van der Waals surface area contributed by atoms with Gasteiger partial charge < -0.3 is 10.6 Å². The van der Waals surface area contributed by atoms with Crippen LogP contribution in [-0.4, -0.2) is 45.2 Å². The van der Waals surface area contributed by atoms with E-state index in [-0.39, 0.29) is 23.7 Å². The van der Waals surface area contributed by atoms with Crippen LogP contribution in [0.25, 0.3) is 5.69 Å². The van der Waals surface area contributed by atoms with Crippen LogP contribution in [0.15, 0.2) is 30.9 Å². The first kappa shape index (κ1) is 17.4. The van der Waals surface area contributed by atoms with Crippen LogP contribution in [0, 0.1) is 12.3 Å². The Morgan fingerprint density at radius 1 is 1.43 bits per heavy atom. The number of carbonyl (C=O) groups excluding carboxylic acids is 1. The van der Waals surface area contributed by atoms with Crippen LogP contribution in [0.1, 0.15) is 29.3 Å². The molecule has 124 valence electrons. The molecule has 0 saturated carbocycles. The molecule has 1 saturated heterocycles. The van der Waals surface area contributed by atoms with Gasteiger partial charge in [-0.3, -0.25) is 4.79 Å². The van der Waals surface area contributed by atoms with Gasteiger partial charge in [0.1, 0.15) is 12.7 Å². The molecule has 0 spiro atoms. The Morgan fingerprint density at radius 2 is 2.22 bits per heavy atom. The highest BCUT2D eigenvalue weighted by Crippen LogP contribution is 2.30. The number of halogens is 1. The number of hydrogen-bond acceptors (Lipinski definition) is 4. The molecule has 0 bridgehead atoms. The number of hydrogen-bond donors (Lipinski definition) is 1. The number of likely N-dealkylation sites (tertiary alicyclic amines) is 1. The fourth-order valence-corrected chi connectivity index (χ4v) is 2.91. The molecular formula is C16H22ClN5O. The van der Waals surface area contributed by atoms with Crippen LogP contribution in [0.3, 0.4) is 0 Å². The number of nitrogens with zero attached hydrogens (tertiary/aromatic N) is 4. The van der Waals surface area contributed by atoms with Gasteiger partial charge in [-0.2, -0.15) is 5.10 Å². The normalized spacial score (nSPS) is 20.4. The van der Waals surface area contributed by atoms with E-state index in [9.17, 15) is 4.79 Å². The monoisotopic (exact) mass is 335 g/mol. The molecule has 6 nitrogen and oxygen atoms in total. The first-order chi connectivity index (χ1) is 10.5. The van der Waals surface area contributed by atoms with Gasteiger partial charge in [-0.25, -0.2) is 9.67 Å². The van der Waals surface area contributed by atoms with E-state index >= 15 is 0 Å². The Balaban J connectivity index is 0.00000192. The summed E-state index contributed by atoms with van der Waals surface area (Å²) in [5.41, 5.74) is 8.45. The van der Waals surface area contributed by atoms with Gasteiger partial charge in [-0.15, -0.1) is 12.4 Å². The lowest BCUT2D eigenvalue weighted by Crippen LogP contribution is -2.34. The Bertz CT molecular complexity index is 688. The van der Waals surface area contributed by atoms with Gasteiger partial charge in [0.2, 0.25) is 0 Å². The standard InChI is InChI=1S/C16H21N5O.ClH/c1-12-7-13(21-11-18-10-19-21)3-4-14(12)15(22)20-6-5-16(2,8-17)9-20;/h3-4,7,10-11H,5-6,8-9,17H2,1-2H3;1H. The molecule has 1 atom stereocenters. The number of amides is 1. The summed E-state index contributed by atoms with van der Waals surface area (Å²) >= 11 is 0. The first-order valence-corrected chi connectivity index (χ1v) is 7.47. The third kappa shape index (κ3) is 3.38. The van der Waals surface area contributed by atoms with Crippen LogP contribution in [0.2, 0.25) is 0 Å². The average Bonchev–Trinajstić information content (AvgIpc) is 3.17. The number of aromatic nitrogens is 3. The van der Waals surface area contributed by atoms with E-state index in [1.165, 1.54) is 6.33 Å². The van der Waals surface area contributed by atoms with E-state index < -0.39 is 0 Å². The molecule has 23 heavy (non-hydrogen) atoms. The molecule has 3 rings (SSSR count). The van der Waals surface area contributed by atoms with Crippen LogP contribution in [0.4, 0.5) is 0 Å². The second-order valence-electron chi connectivity index (χ2n) is 6.33. The summed E-state index contributed by atoms with van der Waals surface area (Å²) in [5, 5.41) is 4.11. The predicted octanol–water partition coefficient (Wildman–Crippen LogP) is 1.81. The van der Waals surface area contributed by atoms with E-state index in [2.05, 4.69) is 17.0 Å². The third-order valence-electron chi connectivity index (χ3n) is 4.46.